The van der Waals surface area contributed by atoms with Crippen LogP contribution < -0.4 is 10.1 Å². The summed E-state index contributed by atoms with van der Waals surface area (Å²) in [5.41, 5.74) is 5.09. The minimum Gasteiger partial charge on any atom is -0.502 e. The molecule has 7 heteroatoms. The van der Waals surface area contributed by atoms with Gasteiger partial charge in [-0.3, -0.25) is 0 Å². The average molecular weight is 435 g/mol. The van der Waals surface area contributed by atoms with E-state index in [1.54, 1.807) is 11.3 Å². The van der Waals surface area contributed by atoms with Crippen LogP contribution in [0.3, 0.4) is 0 Å². The number of aliphatic hydroxyl groups is 1. The summed E-state index contributed by atoms with van der Waals surface area (Å²) < 4.78 is 5.73. The van der Waals surface area contributed by atoms with Crippen molar-refractivity contribution < 1.29 is 9.84 Å². The third kappa shape index (κ3) is 4.62. The first-order chi connectivity index (χ1) is 15.1. The van der Waals surface area contributed by atoms with Gasteiger partial charge in [0.05, 0.1) is 19.3 Å². The van der Waals surface area contributed by atoms with Crippen LogP contribution in [0.15, 0.2) is 36.4 Å². The second-order valence-corrected chi connectivity index (χ2v) is 8.85. The molecule has 0 spiro atoms. The van der Waals surface area contributed by atoms with E-state index in [0.717, 1.165) is 40.4 Å². The van der Waals surface area contributed by atoms with Crippen LogP contribution >= 0.6 is 11.3 Å². The Hall–Kier alpha value is -2.79. The monoisotopic (exact) mass is 434 g/mol. The highest BCUT2D eigenvalue weighted by atomic mass is 32.1. The molecule has 1 aliphatic rings. The number of nitrogens with zero attached hydrogens (tertiary/aromatic N) is 3. The maximum Gasteiger partial charge on any atom is 0.228 e. The van der Waals surface area contributed by atoms with E-state index in [9.17, 15) is 5.11 Å². The van der Waals surface area contributed by atoms with Crippen molar-refractivity contribution in [3.05, 3.63) is 58.9 Å². The van der Waals surface area contributed by atoms with Crippen LogP contribution in [0, 0.1) is 6.57 Å². The summed E-state index contributed by atoms with van der Waals surface area (Å²) in [5, 5.41) is 23.2. The molecule has 0 amide bonds. The first-order valence-electron chi connectivity index (χ1n) is 10.6. The molecule has 1 atom stereocenters. The van der Waals surface area contributed by atoms with Gasteiger partial charge >= 0.3 is 0 Å². The summed E-state index contributed by atoms with van der Waals surface area (Å²) in [6.07, 6.45) is 3.20. The van der Waals surface area contributed by atoms with Gasteiger partial charge in [0.2, 0.25) is 5.69 Å². The third-order valence-electron chi connectivity index (χ3n) is 5.35. The van der Waals surface area contributed by atoms with E-state index in [1.165, 1.54) is 11.1 Å². The summed E-state index contributed by atoms with van der Waals surface area (Å²) in [4.78, 5) is 3.62. The lowest BCUT2D eigenvalue weighted by Crippen LogP contribution is -2.27. The Morgan fingerprint density at radius 2 is 2.10 bits per heavy atom. The fourth-order valence-electron chi connectivity index (χ4n) is 4.04. The van der Waals surface area contributed by atoms with Gasteiger partial charge in [-0.25, -0.2) is 4.85 Å². The van der Waals surface area contributed by atoms with Crippen LogP contribution in [0.2, 0.25) is 0 Å². The Balaban J connectivity index is 1.65. The predicted octanol–water partition coefficient (Wildman–Crippen LogP) is 5.17. The van der Waals surface area contributed by atoms with Gasteiger partial charge in [0.15, 0.2) is 0 Å². The number of benzene rings is 2. The molecule has 0 saturated carbocycles. The maximum absolute atomic E-state index is 9.18. The lowest BCUT2D eigenvalue weighted by Gasteiger charge is -2.27. The fourth-order valence-corrected chi connectivity index (χ4v) is 4.93. The van der Waals surface area contributed by atoms with Crippen LogP contribution in [-0.4, -0.2) is 34.6 Å². The van der Waals surface area contributed by atoms with Gasteiger partial charge in [-0.15, -0.1) is 10.2 Å². The zero-order valence-electron chi connectivity index (χ0n) is 17.8. The molecule has 2 aromatic carbocycles. The molecule has 1 heterocycles. The van der Waals surface area contributed by atoms with Gasteiger partial charge in [0.1, 0.15) is 15.8 Å². The molecule has 2 N–H and O–H groups in total. The molecule has 4 rings (SSSR count). The number of aliphatic hydroxyl groups excluding tert-OH is 1. The molecular weight excluding hydrogens is 408 g/mol. The zero-order valence-corrected chi connectivity index (χ0v) is 18.6. The molecular formula is C24H26N4O2S. The van der Waals surface area contributed by atoms with Crippen molar-refractivity contribution in [1.82, 2.24) is 15.5 Å². The molecule has 31 heavy (non-hydrogen) atoms. The first-order valence-corrected chi connectivity index (χ1v) is 11.4. The lowest BCUT2D eigenvalue weighted by molar-refractivity contribution is 0.244. The highest BCUT2D eigenvalue weighted by Crippen LogP contribution is 2.40. The number of aromatic nitrogens is 2. The fraction of sp³-hybridized carbons (Fsp3) is 0.375. The Kier molecular flexibility index (Phi) is 6.62. The number of nitrogens with one attached hydrogen (secondary N) is 1. The first kappa shape index (κ1) is 21.4. The summed E-state index contributed by atoms with van der Waals surface area (Å²) in [7, 11) is 0. The minimum atomic E-state index is 0.0134. The molecule has 6 nitrogen and oxygen atoms in total. The van der Waals surface area contributed by atoms with Crippen LogP contribution in [-0.2, 0) is 6.42 Å². The van der Waals surface area contributed by atoms with E-state index in [1.807, 2.05) is 32.0 Å². The molecule has 0 bridgehead atoms. The summed E-state index contributed by atoms with van der Waals surface area (Å²) in [6.45, 7) is 12.1. The van der Waals surface area contributed by atoms with Crippen molar-refractivity contribution in [1.29, 1.82) is 0 Å². The Morgan fingerprint density at radius 3 is 2.87 bits per heavy atom. The molecule has 0 fully saturated rings. The highest BCUT2D eigenvalue weighted by Gasteiger charge is 2.23. The van der Waals surface area contributed by atoms with Crippen LogP contribution in [0.5, 0.6) is 5.75 Å². The number of hydrogen-bond acceptors (Lipinski definition) is 6. The predicted molar refractivity (Wildman–Crippen MR) is 124 cm³/mol. The zero-order chi connectivity index (χ0) is 21.8. The Bertz CT molecular complexity index is 1100. The van der Waals surface area contributed by atoms with Crippen LogP contribution in [0.1, 0.15) is 43.9 Å². The van der Waals surface area contributed by atoms with Crippen molar-refractivity contribution in [2.75, 3.05) is 13.2 Å². The molecule has 0 aliphatic heterocycles. The van der Waals surface area contributed by atoms with E-state index < -0.39 is 0 Å². The van der Waals surface area contributed by atoms with E-state index in [0.29, 0.717) is 18.0 Å². The lowest BCUT2D eigenvalue weighted by atomic mass is 9.85. The largest absolute Gasteiger partial charge is 0.502 e. The normalized spacial score (nSPS) is 15.5. The topological polar surface area (TPSA) is 71.6 Å². The Morgan fingerprint density at radius 1 is 1.26 bits per heavy atom. The minimum absolute atomic E-state index is 0.0134. The second-order valence-electron chi connectivity index (χ2n) is 7.87. The molecule has 1 aromatic heterocycles. The van der Waals surface area contributed by atoms with E-state index >= 15 is 0 Å². The van der Waals surface area contributed by atoms with E-state index in [4.69, 9.17) is 11.3 Å². The maximum atomic E-state index is 9.18. The Labute approximate surface area is 186 Å². The number of hydrogen-bond donors (Lipinski definition) is 2. The molecule has 3 aromatic rings. The molecule has 160 valence electrons. The smallest absolute Gasteiger partial charge is 0.228 e. The van der Waals surface area contributed by atoms with Crippen LogP contribution in [0.25, 0.3) is 26.0 Å². The van der Waals surface area contributed by atoms with E-state index in [2.05, 4.69) is 38.6 Å². The number of rotatable bonds is 7. The number of fused-ring (bicyclic) bond motifs is 1. The number of ether oxygens (including phenoxy) is 1. The van der Waals surface area contributed by atoms with Crippen molar-refractivity contribution in [3.63, 3.8) is 0 Å². The van der Waals surface area contributed by atoms with Crippen LogP contribution in [0.4, 0.5) is 5.69 Å². The molecule has 0 saturated heterocycles. The molecule has 0 radical (unpaired) electrons. The van der Waals surface area contributed by atoms with Gasteiger partial charge in [-0.05, 0) is 56.4 Å². The third-order valence-corrected chi connectivity index (χ3v) is 6.36. The SMILES string of the molecule is [C-]#[N+]c1cc(-c2nnc(-c3cccc4c3CCC[C@H]4NCCO)s2)ccc1OC(C)C. The second kappa shape index (κ2) is 9.56. The highest BCUT2D eigenvalue weighted by molar-refractivity contribution is 7.17. The van der Waals surface area contributed by atoms with Gasteiger partial charge in [0, 0.05) is 23.7 Å². The van der Waals surface area contributed by atoms with Gasteiger partial charge < -0.3 is 15.2 Å². The molecule has 0 unspecified atom stereocenters. The van der Waals surface area contributed by atoms with Gasteiger partial charge in [-0.2, -0.15) is 0 Å². The van der Waals surface area contributed by atoms with Gasteiger partial charge in [-0.1, -0.05) is 35.6 Å². The van der Waals surface area contributed by atoms with Crippen molar-refractivity contribution in [3.8, 4) is 26.9 Å². The summed E-state index contributed by atoms with van der Waals surface area (Å²) in [6, 6.07) is 12.2. The molecule has 1 aliphatic carbocycles. The quantitative estimate of drug-likeness (QED) is 0.502. The van der Waals surface area contributed by atoms with Crippen molar-refractivity contribution >= 4 is 17.0 Å². The average Bonchev–Trinajstić information content (AvgIpc) is 3.27. The van der Waals surface area contributed by atoms with Crippen molar-refractivity contribution in [2.24, 2.45) is 0 Å². The van der Waals surface area contributed by atoms with E-state index in [-0.39, 0.29) is 18.8 Å². The summed E-state index contributed by atoms with van der Waals surface area (Å²) >= 11 is 1.54. The van der Waals surface area contributed by atoms with Crippen molar-refractivity contribution in [2.45, 2.75) is 45.3 Å². The van der Waals surface area contributed by atoms with Gasteiger partial charge in [0.25, 0.3) is 0 Å². The summed E-state index contributed by atoms with van der Waals surface area (Å²) in [5.74, 6) is 0.594. The standard InChI is InChI=1S/C24H26N4O2S/c1-15(2)30-22-11-10-16(14-21(22)25-3)23-27-28-24(31-23)19-8-4-7-18-17(19)6-5-9-20(18)26-12-13-29/h4,7-8,10-11,14-15,20,26,29H,5-6,9,12-13H2,1-2H3/t20-/m1/s1.